The molecule has 0 aromatic carbocycles. The molecule has 0 bridgehead atoms. The summed E-state index contributed by atoms with van der Waals surface area (Å²) in [7, 11) is 0. The highest BCUT2D eigenvalue weighted by Gasteiger charge is 2.36. The number of amides is 2. The summed E-state index contributed by atoms with van der Waals surface area (Å²) in [5.74, 6) is 0. The fraction of sp³-hybridized carbons (Fsp3) is 0.900. The number of rotatable bonds is 2. The van der Waals surface area contributed by atoms with Crippen molar-refractivity contribution >= 4 is 6.03 Å². The van der Waals surface area contributed by atoms with E-state index in [1.807, 2.05) is 0 Å². The van der Waals surface area contributed by atoms with E-state index in [0.29, 0.717) is 26.3 Å². The van der Waals surface area contributed by atoms with Crippen molar-refractivity contribution in [2.75, 3.05) is 32.8 Å². The number of hydrogen-bond acceptors (Lipinski definition) is 2. The summed E-state index contributed by atoms with van der Waals surface area (Å²) in [5.41, 5.74) is 0. The summed E-state index contributed by atoms with van der Waals surface area (Å²) >= 11 is 0. The van der Waals surface area contributed by atoms with Crippen LogP contribution in [0.2, 0.25) is 0 Å². The molecule has 1 fully saturated rings. The lowest BCUT2D eigenvalue weighted by molar-refractivity contribution is -0.144. The molecule has 1 aliphatic heterocycles. The number of carbonyl (C=O) groups excluding carboxylic acids is 1. The van der Waals surface area contributed by atoms with Crippen LogP contribution in [0, 0.1) is 0 Å². The summed E-state index contributed by atoms with van der Waals surface area (Å²) in [6.07, 6.45) is -4.37. The van der Waals surface area contributed by atoms with E-state index in [1.54, 1.807) is 13.8 Å². The number of hydrogen-bond donors (Lipinski definition) is 0. The topological polar surface area (TPSA) is 32.8 Å². The van der Waals surface area contributed by atoms with Crippen LogP contribution in [0.1, 0.15) is 13.8 Å². The summed E-state index contributed by atoms with van der Waals surface area (Å²) in [4.78, 5) is 14.2. The van der Waals surface area contributed by atoms with Crippen molar-refractivity contribution < 1.29 is 22.7 Å². The van der Waals surface area contributed by atoms with E-state index in [4.69, 9.17) is 4.74 Å². The van der Waals surface area contributed by atoms with Gasteiger partial charge in [0.1, 0.15) is 6.54 Å². The molecule has 17 heavy (non-hydrogen) atoms. The molecular formula is C10H17F3N2O2. The molecule has 1 rings (SSSR count). The van der Waals surface area contributed by atoms with E-state index in [2.05, 4.69) is 0 Å². The van der Waals surface area contributed by atoms with Gasteiger partial charge in [-0.2, -0.15) is 13.2 Å². The van der Waals surface area contributed by atoms with Crippen molar-refractivity contribution in [2.45, 2.75) is 26.1 Å². The second-order valence-electron chi connectivity index (χ2n) is 4.22. The minimum Gasteiger partial charge on any atom is -0.378 e. The van der Waals surface area contributed by atoms with Crippen LogP contribution in [0.5, 0.6) is 0 Å². The third-order valence-corrected chi connectivity index (χ3v) is 2.50. The molecule has 7 heteroatoms. The lowest BCUT2D eigenvalue weighted by atomic mass is 10.3. The van der Waals surface area contributed by atoms with E-state index in [9.17, 15) is 18.0 Å². The number of carbonyl (C=O) groups is 1. The number of nitrogens with zero attached hydrogens (tertiary/aromatic N) is 2. The van der Waals surface area contributed by atoms with Crippen LogP contribution in [-0.2, 0) is 4.74 Å². The molecule has 2 amide bonds. The van der Waals surface area contributed by atoms with Crippen LogP contribution < -0.4 is 0 Å². The van der Waals surface area contributed by atoms with Crippen molar-refractivity contribution in [3.05, 3.63) is 0 Å². The zero-order valence-electron chi connectivity index (χ0n) is 9.96. The zero-order chi connectivity index (χ0) is 13.1. The maximum Gasteiger partial charge on any atom is 0.406 e. The first-order valence-corrected chi connectivity index (χ1v) is 5.51. The van der Waals surface area contributed by atoms with Crippen molar-refractivity contribution in [3.8, 4) is 0 Å². The van der Waals surface area contributed by atoms with E-state index in [1.165, 1.54) is 4.90 Å². The Bertz CT molecular complexity index is 263. The normalized spacial score (nSPS) is 17.4. The lowest BCUT2D eigenvalue weighted by Gasteiger charge is -2.35. The maximum atomic E-state index is 12.4. The average Bonchev–Trinajstić information content (AvgIpc) is 2.25. The Morgan fingerprint density at radius 3 is 2.29 bits per heavy atom. The second-order valence-corrected chi connectivity index (χ2v) is 4.22. The van der Waals surface area contributed by atoms with Crippen molar-refractivity contribution in [3.63, 3.8) is 0 Å². The molecule has 0 atom stereocenters. The quantitative estimate of drug-likeness (QED) is 0.751. The van der Waals surface area contributed by atoms with Gasteiger partial charge in [-0.15, -0.1) is 0 Å². The van der Waals surface area contributed by atoms with Crippen LogP contribution in [0.15, 0.2) is 0 Å². The average molecular weight is 254 g/mol. The molecule has 1 saturated heterocycles. The molecule has 100 valence electrons. The fourth-order valence-electron chi connectivity index (χ4n) is 1.60. The SMILES string of the molecule is CC(C)N(CC(F)(F)F)C(=O)N1CCOCC1. The first-order chi connectivity index (χ1) is 7.81. The van der Waals surface area contributed by atoms with Crippen molar-refractivity contribution in [1.82, 2.24) is 9.80 Å². The van der Waals surface area contributed by atoms with Crippen molar-refractivity contribution in [2.24, 2.45) is 0 Å². The van der Waals surface area contributed by atoms with Crippen LogP contribution in [0.4, 0.5) is 18.0 Å². The molecule has 0 saturated carbocycles. The second kappa shape index (κ2) is 5.57. The van der Waals surface area contributed by atoms with Gasteiger partial charge in [-0.3, -0.25) is 0 Å². The van der Waals surface area contributed by atoms with E-state index < -0.39 is 24.8 Å². The summed E-state index contributed by atoms with van der Waals surface area (Å²) < 4.78 is 42.1. The molecule has 0 spiro atoms. The molecule has 1 aliphatic rings. The molecular weight excluding hydrogens is 237 g/mol. The van der Waals surface area contributed by atoms with E-state index >= 15 is 0 Å². The predicted molar refractivity (Wildman–Crippen MR) is 55.7 cm³/mol. The smallest absolute Gasteiger partial charge is 0.378 e. The Balaban J connectivity index is 2.66. The molecule has 1 heterocycles. The number of morpholine rings is 1. The van der Waals surface area contributed by atoms with E-state index in [0.717, 1.165) is 4.90 Å². The Morgan fingerprint density at radius 2 is 1.88 bits per heavy atom. The van der Waals surface area contributed by atoms with Gasteiger partial charge >= 0.3 is 12.2 Å². The molecule has 0 aromatic rings. The molecule has 0 radical (unpaired) electrons. The van der Waals surface area contributed by atoms with Gasteiger partial charge < -0.3 is 14.5 Å². The minimum absolute atomic E-state index is 0.347. The predicted octanol–water partition coefficient (Wildman–Crippen LogP) is 1.71. The maximum absolute atomic E-state index is 12.4. The third-order valence-electron chi connectivity index (χ3n) is 2.50. The van der Waals surface area contributed by atoms with E-state index in [-0.39, 0.29) is 0 Å². The van der Waals surface area contributed by atoms with Gasteiger partial charge in [0.25, 0.3) is 0 Å². The standard InChI is InChI=1S/C10H17F3N2O2/c1-8(2)15(7-10(11,12)13)9(16)14-3-5-17-6-4-14/h8H,3-7H2,1-2H3. The minimum atomic E-state index is -4.37. The zero-order valence-corrected chi connectivity index (χ0v) is 9.96. The molecule has 0 unspecified atom stereocenters. The third kappa shape index (κ3) is 4.41. The van der Waals surface area contributed by atoms with Gasteiger partial charge in [-0.1, -0.05) is 0 Å². The van der Waals surface area contributed by atoms with Crippen LogP contribution in [0.3, 0.4) is 0 Å². The highest BCUT2D eigenvalue weighted by Crippen LogP contribution is 2.19. The van der Waals surface area contributed by atoms with Gasteiger partial charge in [0, 0.05) is 19.1 Å². The summed E-state index contributed by atoms with van der Waals surface area (Å²) in [6.45, 7) is 3.39. The monoisotopic (exact) mass is 254 g/mol. The summed E-state index contributed by atoms with van der Waals surface area (Å²) in [5, 5.41) is 0. The Kier molecular flexibility index (Phi) is 4.62. The molecule has 0 N–H and O–H groups in total. The fourth-order valence-corrected chi connectivity index (χ4v) is 1.60. The van der Waals surface area contributed by atoms with Crippen LogP contribution >= 0.6 is 0 Å². The molecule has 4 nitrogen and oxygen atoms in total. The lowest BCUT2D eigenvalue weighted by Crippen LogP contribution is -2.52. The van der Waals surface area contributed by atoms with Gasteiger partial charge in [0.15, 0.2) is 0 Å². The molecule has 0 aliphatic carbocycles. The number of ether oxygens (including phenoxy) is 1. The molecule has 0 aromatic heterocycles. The number of halogens is 3. The van der Waals surface area contributed by atoms with Gasteiger partial charge in [0.05, 0.1) is 13.2 Å². The number of alkyl halides is 3. The Morgan fingerprint density at radius 1 is 1.35 bits per heavy atom. The Labute approximate surface area is 98.3 Å². The number of urea groups is 1. The summed E-state index contributed by atoms with van der Waals surface area (Å²) in [6, 6.07) is -1.05. The first kappa shape index (κ1) is 14.1. The van der Waals surface area contributed by atoms with Crippen molar-refractivity contribution in [1.29, 1.82) is 0 Å². The largest absolute Gasteiger partial charge is 0.406 e. The highest BCUT2D eigenvalue weighted by molar-refractivity contribution is 5.75. The Hall–Kier alpha value is -0.980. The van der Waals surface area contributed by atoms with Gasteiger partial charge in [-0.25, -0.2) is 4.79 Å². The first-order valence-electron chi connectivity index (χ1n) is 5.51. The highest BCUT2D eigenvalue weighted by atomic mass is 19.4. The van der Waals surface area contributed by atoms with Crippen LogP contribution in [-0.4, -0.2) is 60.9 Å². The van der Waals surface area contributed by atoms with Gasteiger partial charge in [-0.05, 0) is 13.8 Å². The van der Waals surface area contributed by atoms with Crippen LogP contribution in [0.25, 0.3) is 0 Å². The van der Waals surface area contributed by atoms with Gasteiger partial charge in [0.2, 0.25) is 0 Å².